The molecule has 0 fully saturated rings. The summed E-state index contributed by atoms with van der Waals surface area (Å²) in [7, 11) is 1.72. The number of allylic oxidation sites excluding steroid dienone is 1. The first-order valence-electron chi connectivity index (χ1n) is 5.70. The standard InChI is InChI=1S/C12H26N2O/c1-5-6-7-8-9-10-11(14-13)12(2,3)15-4/h5,11,14H,1,6-10,13H2,2-4H3. The molecule has 1 unspecified atom stereocenters. The van der Waals surface area contributed by atoms with Crippen LogP contribution in [-0.2, 0) is 4.74 Å². The van der Waals surface area contributed by atoms with E-state index in [0.29, 0.717) is 0 Å². The third kappa shape index (κ3) is 5.92. The molecular weight excluding hydrogens is 188 g/mol. The highest BCUT2D eigenvalue weighted by atomic mass is 16.5. The minimum atomic E-state index is -0.201. The topological polar surface area (TPSA) is 47.3 Å². The van der Waals surface area contributed by atoms with Crippen molar-refractivity contribution in [2.45, 2.75) is 57.6 Å². The summed E-state index contributed by atoms with van der Waals surface area (Å²) in [4.78, 5) is 0. The first-order valence-corrected chi connectivity index (χ1v) is 5.70. The highest BCUT2D eigenvalue weighted by molar-refractivity contribution is 4.83. The lowest BCUT2D eigenvalue weighted by Gasteiger charge is -2.32. The lowest BCUT2D eigenvalue weighted by atomic mass is 9.93. The van der Waals surface area contributed by atoms with Crippen LogP contribution in [0, 0.1) is 0 Å². The molecule has 3 N–H and O–H groups in total. The van der Waals surface area contributed by atoms with Crippen LogP contribution in [0.2, 0.25) is 0 Å². The predicted octanol–water partition coefficient (Wildman–Crippen LogP) is 2.38. The maximum Gasteiger partial charge on any atom is 0.0788 e. The second-order valence-electron chi connectivity index (χ2n) is 4.45. The van der Waals surface area contributed by atoms with E-state index in [9.17, 15) is 0 Å². The fourth-order valence-corrected chi connectivity index (χ4v) is 1.59. The largest absolute Gasteiger partial charge is 0.377 e. The summed E-state index contributed by atoms with van der Waals surface area (Å²) in [5.74, 6) is 5.53. The van der Waals surface area contributed by atoms with Gasteiger partial charge in [0.15, 0.2) is 0 Å². The number of unbranched alkanes of at least 4 members (excludes halogenated alkanes) is 3. The molecule has 3 nitrogen and oxygen atoms in total. The van der Waals surface area contributed by atoms with Gasteiger partial charge in [0.25, 0.3) is 0 Å². The van der Waals surface area contributed by atoms with E-state index in [1.165, 1.54) is 19.3 Å². The average Bonchev–Trinajstić information content (AvgIpc) is 2.23. The number of rotatable bonds is 9. The van der Waals surface area contributed by atoms with Crippen molar-refractivity contribution in [3.63, 3.8) is 0 Å². The van der Waals surface area contributed by atoms with Gasteiger partial charge >= 0.3 is 0 Å². The number of hydrazine groups is 1. The smallest absolute Gasteiger partial charge is 0.0788 e. The Hall–Kier alpha value is -0.380. The van der Waals surface area contributed by atoms with Crippen LogP contribution in [-0.4, -0.2) is 18.8 Å². The molecule has 0 radical (unpaired) electrons. The second kappa shape index (κ2) is 7.85. The van der Waals surface area contributed by atoms with Gasteiger partial charge in [0.2, 0.25) is 0 Å². The van der Waals surface area contributed by atoms with Crippen molar-refractivity contribution in [1.29, 1.82) is 0 Å². The van der Waals surface area contributed by atoms with E-state index in [0.717, 1.165) is 12.8 Å². The molecule has 0 bridgehead atoms. The van der Waals surface area contributed by atoms with E-state index in [-0.39, 0.29) is 11.6 Å². The van der Waals surface area contributed by atoms with Gasteiger partial charge in [-0.15, -0.1) is 6.58 Å². The quantitative estimate of drug-likeness (QED) is 0.268. The molecule has 90 valence electrons. The van der Waals surface area contributed by atoms with Crippen LogP contribution in [0.25, 0.3) is 0 Å². The van der Waals surface area contributed by atoms with Crippen molar-refractivity contribution in [2.24, 2.45) is 5.84 Å². The fraction of sp³-hybridized carbons (Fsp3) is 0.833. The van der Waals surface area contributed by atoms with Crippen LogP contribution in [0.3, 0.4) is 0 Å². The summed E-state index contributed by atoms with van der Waals surface area (Å²) in [6.45, 7) is 7.82. The minimum absolute atomic E-state index is 0.201. The molecule has 0 aromatic heterocycles. The lowest BCUT2D eigenvalue weighted by Crippen LogP contribution is -2.50. The highest BCUT2D eigenvalue weighted by Gasteiger charge is 2.27. The van der Waals surface area contributed by atoms with Crippen molar-refractivity contribution in [2.75, 3.05) is 7.11 Å². The molecule has 0 aromatic rings. The molecule has 0 rings (SSSR count). The van der Waals surface area contributed by atoms with Gasteiger partial charge in [0.05, 0.1) is 5.60 Å². The third-order valence-electron chi connectivity index (χ3n) is 2.97. The predicted molar refractivity (Wildman–Crippen MR) is 65.5 cm³/mol. The molecule has 0 spiro atoms. The molecule has 3 heteroatoms. The van der Waals surface area contributed by atoms with Gasteiger partial charge in [-0.25, -0.2) is 0 Å². The second-order valence-corrected chi connectivity index (χ2v) is 4.45. The van der Waals surface area contributed by atoms with Gasteiger partial charge in [-0.2, -0.15) is 0 Å². The molecule has 0 saturated heterocycles. The Morgan fingerprint density at radius 1 is 1.40 bits per heavy atom. The zero-order valence-electron chi connectivity index (χ0n) is 10.4. The van der Waals surface area contributed by atoms with E-state index in [1.54, 1.807) is 7.11 Å². The Morgan fingerprint density at radius 2 is 2.07 bits per heavy atom. The highest BCUT2D eigenvalue weighted by Crippen LogP contribution is 2.18. The van der Waals surface area contributed by atoms with Crippen molar-refractivity contribution >= 4 is 0 Å². The molecule has 0 aliphatic rings. The Morgan fingerprint density at radius 3 is 2.53 bits per heavy atom. The maximum absolute atomic E-state index is 5.53. The molecule has 0 aliphatic carbocycles. The van der Waals surface area contributed by atoms with E-state index >= 15 is 0 Å². The molecule has 0 saturated carbocycles. The van der Waals surface area contributed by atoms with Crippen molar-refractivity contribution in [1.82, 2.24) is 5.43 Å². The fourth-order valence-electron chi connectivity index (χ4n) is 1.59. The SMILES string of the molecule is C=CCCCCCC(NN)C(C)(C)OC. The summed E-state index contributed by atoms with van der Waals surface area (Å²) in [6.07, 6.45) is 7.74. The van der Waals surface area contributed by atoms with Gasteiger partial charge < -0.3 is 4.74 Å². The zero-order valence-corrected chi connectivity index (χ0v) is 10.4. The molecule has 0 heterocycles. The van der Waals surface area contributed by atoms with Gasteiger partial charge in [0.1, 0.15) is 0 Å². The number of nitrogens with two attached hydrogens (primary N) is 1. The third-order valence-corrected chi connectivity index (χ3v) is 2.97. The van der Waals surface area contributed by atoms with E-state index < -0.39 is 0 Å². The van der Waals surface area contributed by atoms with Gasteiger partial charge in [-0.3, -0.25) is 11.3 Å². The van der Waals surface area contributed by atoms with Crippen molar-refractivity contribution in [3.8, 4) is 0 Å². The molecular formula is C12H26N2O. The zero-order chi connectivity index (χ0) is 11.7. The van der Waals surface area contributed by atoms with Crippen molar-refractivity contribution < 1.29 is 4.74 Å². The summed E-state index contributed by atoms with van der Waals surface area (Å²) in [5, 5.41) is 0. The molecule has 0 amide bonds. The van der Waals surface area contributed by atoms with E-state index in [4.69, 9.17) is 10.6 Å². The number of methoxy groups -OCH3 is 1. The first-order chi connectivity index (χ1) is 7.08. The Bertz CT molecular complexity index is 169. The van der Waals surface area contributed by atoms with Crippen LogP contribution >= 0.6 is 0 Å². The summed E-state index contributed by atoms with van der Waals surface area (Å²) >= 11 is 0. The van der Waals surface area contributed by atoms with Crippen LogP contribution in [0.1, 0.15) is 46.0 Å². The molecule has 0 aliphatic heterocycles. The summed E-state index contributed by atoms with van der Waals surface area (Å²) in [5.41, 5.74) is 2.64. The van der Waals surface area contributed by atoms with Crippen LogP contribution in [0.15, 0.2) is 12.7 Å². The van der Waals surface area contributed by atoms with Gasteiger partial charge in [0, 0.05) is 13.2 Å². The molecule has 1 atom stereocenters. The molecule has 15 heavy (non-hydrogen) atoms. The van der Waals surface area contributed by atoms with Crippen LogP contribution in [0.4, 0.5) is 0 Å². The van der Waals surface area contributed by atoms with E-state index in [1.807, 2.05) is 6.08 Å². The normalized spacial score (nSPS) is 13.9. The Balaban J connectivity index is 3.75. The van der Waals surface area contributed by atoms with Crippen molar-refractivity contribution in [3.05, 3.63) is 12.7 Å². The first kappa shape index (κ1) is 14.6. The van der Waals surface area contributed by atoms with Crippen LogP contribution < -0.4 is 11.3 Å². The maximum atomic E-state index is 5.53. The average molecular weight is 214 g/mol. The van der Waals surface area contributed by atoms with Crippen LogP contribution in [0.5, 0.6) is 0 Å². The Labute approximate surface area is 94.0 Å². The van der Waals surface area contributed by atoms with E-state index in [2.05, 4.69) is 25.9 Å². The summed E-state index contributed by atoms with van der Waals surface area (Å²) in [6, 6.07) is 0.214. The Kier molecular flexibility index (Phi) is 7.65. The van der Waals surface area contributed by atoms with Gasteiger partial charge in [-0.1, -0.05) is 18.9 Å². The lowest BCUT2D eigenvalue weighted by molar-refractivity contribution is -0.0131. The summed E-state index contributed by atoms with van der Waals surface area (Å²) < 4.78 is 5.41. The number of nitrogens with one attached hydrogen (secondary N) is 1. The number of ether oxygens (including phenoxy) is 1. The number of hydrogen-bond acceptors (Lipinski definition) is 3. The minimum Gasteiger partial charge on any atom is -0.377 e. The monoisotopic (exact) mass is 214 g/mol. The van der Waals surface area contributed by atoms with Gasteiger partial charge in [-0.05, 0) is 33.1 Å². The molecule has 0 aromatic carbocycles. The number of hydrogen-bond donors (Lipinski definition) is 2.